The number of carbonyl (C=O) groups is 1. The molecule has 2 atom stereocenters. The van der Waals surface area contributed by atoms with Gasteiger partial charge in [-0.1, -0.05) is 46.3 Å². The summed E-state index contributed by atoms with van der Waals surface area (Å²) >= 11 is 3.41. The van der Waals surface area contributed by atoms with Crippen molar-refractivity contribution in [3.8, 4) is 0 Å². The molecule has 23 heavy (non-hydrogen) atoms. The first-order chi connectivity index (χ1) is 11.1. The molecule has 2 aromatic rings. The Hall–Kier alpha value is -1.65. The number of halogens is 1. The number of hydrogen-bond acceptors (Lipinski definition) is 3. The van der Waals surface area contributed by atoms with Crippen LogP contribution in [0.3, 0.4) is 0 Å². The summed E-state index contributed by atoms with van der Waals surface area (Å²) in [6.07, 6.45) is 2.58. The van der Waals surface area contributed by atoms with Gasteiger partial charge in [0.05, 0.1) is 6.10 Å². The maximum Gasteiger partial charge on any atom is 0.165 e. The Labute approximate surface area is 145 Å². The number of hydrogen-bond donors (Lipinski definition) is 1. The smallest absolute Gasteiger partial charge is 0.165 e. The van der Waals surface area contributed by atoms with Gasteiger partial charge in [-0.25, -0.2) is 0 Å². The van der Waals surface area contributed by atoms with Gasteiger partial charge < -0.3 is 10.5 Å². The first-order valence-electron chi connectivity index (χ1n) is 7.90. The number of rotatable bonds is 5. The standard InChI is InChI=1S/C19H20BrNO2/c20-14-8-9-17(21)16(11-14)18(22)12-15(19-7-4-10-23-19)13-5-2-1-3-6-13/h1-3,5-6,8-9,11,15,19H,4,7,10,12,21H2. The fourth-order valence-corrected chi connectivity index (χ4v) is 3.52. The molecule has 1 saturated heterocycles. The van der Waals surface area contributed by atoms with E-state index in [2.05, 4.69) is 28.1 Å². The molecule has 2 unspecified atom stereocenters. The number of carbonyl (C=O) groups excluding carboxylic acids is 1. The number of nitrogen functional groups attached to an aromatic ring is 1. The van der Waals surface area contributed by atoms with Gasteiger partial charge >= 0.3 is 0 Å². The van der Waals surface area contributed by atoms with Crippen LogP contribution in [-0.4, -0.2) is 18.5 Å². The minimum atomic E-state index is 0.0631. The van der Waals surface area contributed by atoms with Crippen LogP contribution in [0.15, 0.2) is 53.0 Å². The monoisotopic (exact) mass is 373 g/mol. The van der Waals surface area contributed by atoms with E-state index in [1.807, 2.05) is 24.3 Å². The van der Waals surface area contributed by atoms with E-state index in [4.69, 9.17) is 10.5 Å². The fourth-order valence-electron chi connectivity index (χ4n) is 3.16. The van der Waals surface area contributed by atoms with E-state index < -0.39 is 0 Å². The third kappa shape index (κ3) is 3.82. The molecule has 1 aliphatic heterocycles. The lowest BCUT2D eigenvalue weighted by molar-refractivity contribution is 0.0758. The van der Waals surface area contributed by atoms with E-state index in [0.29, 0.717) is 17.7 Å². The number of ketones is 1. The first kappa shape index (κ1) is 16.2. The Morgan fingerprint density at radius 2 is 2.04 bits per heavy atom. The largest absolute Gasteiger partial charge is 0.398 e. The number of benzene rings is 2. The summed E-state index contributed by atoms with van der Waals surface area (Å²) < 4.78 is 6.73. The van der Waals surface area contributed by atoms with Gasteiger partial charge in [-0.2, -0.15) is 0 Å². The summed E-state index contributed by atoms with van der Waals surface area (Å²) in [5, 5.41) is 0. The highest BCUT2D eigenvalue weighted by Gasteiger charge is 2.29. The highest BCUT2D eigenvalue weighted by atomic mass is 79.9. The Bertz CT molecular complexity index is 681. The van der Waals surface area contributed by atoms with Crippen LogP contribution in [0.1, 0.15) is 41.1 Å². The Morgan fingerprint density at radius 1 is 1.26 bits per heavy atom. The van der Waals surface area contributed by atoms with Crippen LogP contribution < -0.4 is 5.73 Å². The molecule has 4 heteroatoms. The molecule has 0 saturated carbocycles. The maximum absolute atomic E-state index is 12.8. The molecular formula is C19H20BrNO2. The van der Waals surface area contributed by atoms with E-state index in [1.165, 1.54) is 0 Å². The molecule has 0 amide bonds. The summed E-state index contributed by atoms with van der Waals surface area (Å²) in [6.45, 7) is 0.779. The van der Waals surface area contributed by atoms with Gasteiger partial charge in [0.1, 0.15) is 0 Å². The predicted octanol–water partition coefficient (Wildman–Crippen LogP) is 4.57. The lowest BCUT2D eigenvalue weighted by atomic mass is 9.86. The average Bonchev–Trinajstić information content (AvgIpc) is 3.09. The summed E-state index contributed by atoms with van der Waals surface area (Å²) in [5.41, 5.74) is 8.25. The van der Waals surface area contributed by atoms with Crippen LogP contribution in [0, 0.1) is 0 Å². The minimum Gasteiger partial charge on any atom is -0.398 e. The maximum atomic E-state index is 12.8. The van der Waals surface area contributed by atoms with Crippen molar-refractivity contribution in [2.75, 3.05) is 12.3 Å². The van der Waals surface area contributed by atoms with Gasteiger partial charge in [0.15, 0.2) is 5.78 Å². The molecule has 0 bridgehead atoms. The van der Waals surface area contributed by atoms with Gasteiger partial charge in [-0.15, -0.1) is 0 Å². The number of anilines is 1. The molecule has 2 aromatic carbocycles. The van der Waals surface area contributed by atoms with Gasteiger partial charge in [-0.05, 0) is 36.6 Å². The van der Waals surface area contributed by atoms with E-state index >= 15 is 0 Å². The van der Waals surface area contributed by atoms with E-state index in [-0.39, 0.29) is 17.8 Å². The Kier molecular flexibility index (Phi) is 5.13. The van der Waals surface area contributed by atoms with Gasteiger partial charge in [-0.3, -0.25) is 4.79 Å². The average molecular weight is 374 g/mol. The third-order valence-electron chi connectivity index (χ3n) is 4.36. The molecule has 1 fully saturated rings. The Balaban J connectivity index is 1.86. The first-order valence-corrected chi connectivity index (χ1v) is 8.69. The molecule has 1 aliphatic rings. The van der Waals surface area contributed by atoms with Crippen molar-refractivity contribution >= 4 is 27.4 Å². The van der Waals surface area contributed by atoms with Crippen LogP contribution in [-0.2, 0) is 4.74 Å². The van der Waals surface area contributed by atoms with Crippen molar-refractivity contribution in [2.24, 2.45) is 0 Å². The number of ether oxygens (including phenoxy) is 1. The molecule has 120 valence electrons. The highest BCUT2D eigenvalue weighted by Crippen LogP contribution is 2.33. The normalized spacial score (nSPS) is 18.7. The van der Waals surface area contributed by atoms with Crippen molar-refractivity contribution < 1.29 is 9.53 Å². The highest BCUT2D eigenvalue weighted by molar-refractivity contribution is 9.10. The summed E-state index contributed by atoms with van der Waals surface area (Å²) in [7, 11) is 0. The van der Waals surface area contributed by atoms with Crippen LogP contribution in [0.2, 0.25) is 0 Å². The molecule has 1 heterocycles. The van der Waals surface area contributed by atoms with E-state index in [0.717, 1.165) is 29.5 Å². The summed E-state index contributed by atoms with van der Waals surface area (Å²) in [6, 6.07) is 15.6. The van der Waals surface area contributed by atoms with Crippen molar-refractivity contribution in [1.29, 1.82) is 0 Å². The minimum absolute atomic E-state index is 0.0631. The zero-order valence-corrected chi connectivity index (χ0v) is 14.5. The molecule has 3 rings (SSSR count). The molecule has 0 radical (unpaired) electrons. The van der Waals surface area contributed by atoms with E-state index in [9.17, 15) is 4.79 Å². The molecule has 2 N–H and O–H groups in total. The zero-order chi connectivity index (χ0) is 16.2. The molecule has 3 nitrogen and oxygen atoms in total. The van der Waals surface area contributed by atoms with Crippen LogP contribution in [0.5, 0.6) is 0 Å². The van der Waals surface area contributed by atoms with Crippen molar-refractivity contribution in [3.63, 3.8) is 0 Å². The van der Waals surface area contributed by atoms with E-state index in [1.54, 1.807) is 12.1 Å². The topological polar surface area (TPSA) is 52.3 Å². The number of nitrogens with two attached hydrogens (primary N) is 1. The van der Waals surface area contributed by atoms with Gasteiger partial charge in [0.2, 0.25) is 0 Å². The van der Waals surface area contributed by atoms with Crippen LogP contribution >= 0.6 is 15.9 Å². The second-order valence-electron chi connectivity index (χ2n) is 5.93. The Morgan fingerprint density at radius 3 is 2.74 bits per heavy atom. The van der Waals surface area contributed by atoms with Crippen molar-refractivity contribution in [3.05, 3.63) is 64.1 Å². The van der Waals surface area contributed by atoms with Gasteiger partial charge in [0.25, 0.3) is 0 Å². The van der Waals surface area contributed by atoms with Crippen LogP contribution in [0.25, 0.3) is 0 Å². The van der Waals surface area contributed by atoms with Crippen molar-refractivity contribution in [1.82, 2.24) is 0 Å². The molecule has 0 spiro atoms. The zero-order valence-electron chi connectivity index (χ0n) is 12.9. The quantitative estimate of drug-likeness (QED) is 0.616. The molecule has 0 aliphatic carbocycles. The summed E-state index contributed by atoms with van der Waals surface area (Å²) in [5.74, 6) is 0.137. The van der Waals surface area contributed by atoms with Crippen LogP contribution in [0.4, 0.5) is 5.69 Å². The predicted molar refractivity (Wildman–Crippen MR) is 95.7 cm³/mol. The third-order valence-corrected chi connectivity index (χ3v) is 4.86. The van der Waals surface area contributed by atoms with Gasteiger partial charge in [0, 0.05) is 34.7 Å². The van der Waals surface area contributed by atoms with Crippen molar-refractivity contribution in [2.45, 2.75) is 31.3 Å². The number of Topliss-reactive ketones (excluding diaryl/α,β-unsaturated/α-hetero) is 1. The second kappa shape index (κ2) is 7.28. The second-order valence-corrected chi connectivity index (χ2v) is 6.84. The SMILES string of the molecule is Nc1ccc(Br)cc1C(=O)CC(c1ccccc1)C1CCCO1. The molecular weight excluding hydrogens is 354 g/mol. The lowest BCUT2D eigenvalue weighted by Crippen LogP contribution is -2.21. The lowest BCUT2D eigenvalue weighted by Gasteiger charge is -2.23. The fraction of sp³-hybridized carbons (Fsp3) is 0.316. The summed E-state index contributed by atoms with van der Waals surface area (Å²) in [4.78, 5) is 12.8. The molecule has 0 aromatic heterocycles.